The molecule has 0 aliphatic carbocycles. The Hall–Kier alpha value is -0.780. The number of pyridine rings is 1. The second kappa shape index (κ2) is 5.91. The molecule has 0 saturated heterocycles. The largest absolute Gasteiger partial charge is 0.398 e. The van der Waals surface area contributed by atoms with E-state index in [0.717, 1.165) is 31.7 Å². The van der Waals surface area contributed by atoms with Gasteiger partial charge in [-0.15, -0.1) is 11.8 Å². The summed E-state index contributed by atoms with van der Waals surface area (Å²) in [6, 6.07) is 5.88. The fraction of sp³-hybridized carbons (Fsp3) is 0.308. The lowest BCUT2D eigenvalue weighted by molar-refractivity contribution is 0.250. The first-order chi connectivity index (χ1) is 8.61. The standard InChI is InChI=1S/C13H15BrN2OS/c1-8(6-17)7-18-12-3-2-11(15)10-4-9(14)5-16-13(10)12/h2-5,8,17H,6-7,15H2,1H3. The monoisotopic (exact) mass is 326 g/mol. The minimum atomic E-state index is 0.207. The van der Waals surface area contributed by atoms with Crippen molar-refractivity contribution in [3.63, 3.8) is 0 Å². The van der Waals surface area contributed by atoms with E-state index >= 15 is 0 Å². The van der Waals surface area contributed by atoms with E-state index in [1.807, 2.05) is 25.1 Å². The van der Waals surface area contributed by atoms with Crippen LogP contribution in [0.2, 0.25) is 0 Å². The Bertz CT molecular complexity index is 562. The third-order valence-electron chi connectivity index (χ3n) is 2.65. The van der Waals surface area contributed by atoms with Gasteiger partial charge in [0.25, 0.3) is 0 Å². The highest BCUT2D eigenvalue weighted by Crippen LogP contribution is 2.32. The van der Waals surface area contributed by atoms with Crippen LogP contribution in [0.3, 0.4) is 0 Å². The number of benzene rings is 1. The van der Waals surface area contributed by atoms with Crippen LogP contribution in [0, 0.1) is 5.92 Å². The molecule has 0 aliphatic rings. The topological polar surface area (TPSA) is 59.1 Å². The first-order valence-corrected chi connectivity index (χ1v) is 7.47. The predicted octanol–water partition coefficient (Wildman–Crippen LogP) is 3.30. The van der Waals surface area contributed by atoms with Crippen LogP contribution in [0.4, 0.5) is 5.69 Å². The zero-order valence-electron chi connectivity index (χ0n) is 10.1. The molecule has 0 aliphatic heterocycles. The van der Waals surface area contributed by atoms with Crippen LogP contribution in [0.5, 0.6) is 0 Å². The summed E-state index contributed by atoms with van der Waals surface area (Å²) in [6.45, 7) is 2.23. The van der Waals surface area contributed by atoms with Crippen LogP contribution >= 0.6 is 27.7 Å². The number of hydrogen-bond donors (Lipinski definition) is 2. The average molecular weight is 327 g/mol. The van der Waals surface area contributed by atoms with Crippen LogP contribution < -0.4 is 5.73 Å². The number of aliphatic hydroxyl groups is 1. The second-order valence-electron chi connectivity index (χ2n) is 4.30. The van der Waals surface area contributed by atoms with E-state index in [1.54, 1.807) is 18.0 Å². The van der Waals surface area contributed by atoms with Crippen molar-refractivity contribution in [1.29, 1.82) is 0 Å². The summed E-state index contributed by atoms with van der Waals surface area (Å²) in [6.07, 6.45) is 1.78. The summed E-state index contributed by atoms with van der Waals surface area (Å²) in [5, 5.41) is 10.0. The lowest BCUT2D eigenvalue weighted by Gasteiger charge is -2.10. The van der Waals surface area contributed by atoms with Crippen molar-refractivity contribution in [3.8, 4) is 0 Å². The highest BCUT2D eigenvalue weighted by molar-refractivity contribution is 9.10. The number of rotatable bonds is 4. The molecule has 1 unspecified atom stereocenters. The van der Waals surface area contributed by atoms with Gasteiger partial charge in [-0.05, 0) is 40.0 Å². The summed E-state index contributed by atoms with van der Waals surface area (Å²) >= 11 is 5.11. The number of halogens is 1. The summed E-state index contributed by atoms with van der Waals surface area (Å²) in [7, 11) is 0. The molecule has 1 atom stereocenters. The van der Waals surface area contributed by atoms with Gasteiger partial charge in [-0.2, -0.15) is 0 Å². The number of hydrogen-bond acceptors (Lipinski definition) is 4. The molecule has 96 valence electrons. The molecule has 0 amide bonds. The Labute approximate surface area is 119 Å². The molecule has 18 heavy (non-hydrogen) atoms. The molecule has 0 bridgehead atoms. The van der Waals surface area contributed by atoms with Crippen LogP contribution in [0.15, 0.2) is 33.8 Å². The molecule has 3 N–H and O–H groups in total. The van der Waals surface area contributed by atoms with Gasteiger partial charge >= 0.3 is 0 Å². The minimum absolute atomic E-state index is 0.207. The zero-order chi connectivity index (χ0) is 13.1. The van der Waals surface area contributed by atoms with Gasteiger partial charge in [-0.1, -0.05) is 6.92 Å². The lowest BCUT2D eigenvalue weighted by atomic mass is 10.2. The van der Waals surface area contributed by atoms with Gasteiger partial charge in [-0.25, -0.2) is 0 Å². The van der Waals surface area contributed by atoms with Crippen molar-refractivity contribution in [2.45, 2.75) is 11.8 Å². The number of nitrogens with zero attached hydrogens (tertiary/aromatic N) is 1. The molecule has 1 aromatic heterocycles. The molecule has 0 spiro atoms. The number of nitrogens with two attached hydrogens (primary N) is 1. The van der Waals surface area contributed by atoms with Crippen LogP contribution in [-0.4, -0.2) is 22.5 Å². The molecular formula is C13H15BrN2OS. The summed E-state index contributed by atoms with van der Waals surface area (Å²) < 4.78 is 0.924. The molecular weight excluding hydrogens is 312 g/mol. The number of nitrogen functional groups attached to an aromatic ring is 1. The maximum absolute atomic E-state index is 9.05. The van der Waals surface area contributed by atoms with Crippen molar-refractivity contribution in [1.82, 2.24) is 4.98 Å². The van der Waals surface area contributed by atoms with Gasteiger partial charge in [0.2, 0.25) is 0 Å². The maximum atomic E-state index is 9.05. The van der Waals surface area contributed by atoms with Crippen molar-refractivity contribution < 1.29 is 5.11 Å². The Balaban J connectivity index is 2.37. The second-order valence-corrected chi connectivity index (χ2v) is 6.28. The quantitative estimate of drug-likeness (QED) is 0.668. The molecule has 0 saturated carbocycles. The SMILES string of the molecule is CC(CO)CSc1ccc(N)c2cc(Br)cnc12. The molecule has 2 aromatic rings. The van der Waals surface area contributed by atoms with E-state index in [2.05, 4.69) is 20.9 Å². The number of thioether (sulfide) groups is 1. The molecule has 2 rings (SSSR count). The van der Waals surface area contributed by atoms with Gasteiger partial charge in [-0.3, -0.25) is 4.98 Å². The Morgan fingerprint density at radius 2 is 2.28 bits per heavy atom. The van der Waals surface area contributed by atoms with Gasteiger partial charge < -0.3 is 10.8 Å². The van der Waals surface area contributed by atoms with Crippen LogP contribution in [0.25, 0.3) is 10.9 Å². The number of anilines is 1. The van der Waals surface area contributed by atoms with E-state index in [1.165, 1.54) is 0 Å². The third kappa shape index (κ3) is 2.96. The Morgan fingerprint density at radius 3 is 3.00 bits per heavy atom. The molecule has 0 fully saturated rings. The fourth-order valence-corrected chi connectivity index (χ4v) is 2.96. The molecule has 1 aromatic carbocycles. The molecule has 0 radical (unpaired) electrons. The lowest BCUT2D eigenvalue weighted by Crippen LogP contribution is -2.03. The van der Waals surface area contributed by atoms with E-state index < -0.39 is 0 Å². The minimum Gasteiger partial charge on any atom is -0.398 e. The molecule has 5 heteroatoms. The molecule has 1 heterocycles. The van der Waals surface area contributed by atoms with Crippen molar-refractivity contribution in [2.24, 2.45) is 5.92 Å². The van der Waals surface area contributed by atoms with E-state index in [9.17, 15) is 0 Å². The average Bonchev–Trinajstić information content (AvgIpc) is 2.38. The third-order valence-corrected chi connectivity index (χ3v) is 4.46. The van der Waals surface area contributed by atoms with Gasteiger partial charge in [0.15, 0.2) is 0 Å². The Kier molecular flexibility index (Phi) is 4.48. The maximum Gasteiger partial charge on any atom is 0.0859 e. The summed E-state index contributed by atoms with van der Waals surface area (Å²) in [5.74, 6) is 1.14. The Morgan fingerprint density at radius 1 is 1.50 bits per heavy atom. The van der Waals surface area contributed by atoms with E-state index in [0.29, 0.717) is 0 Å². The van der Waals surface area contributed by atoms with E-state index in [4.69, 9.17) is 10.8 Å². The summed E-state index contributed by atoms with van der Waals surface area (Å²) in [5.41, 5.74) is 7.62. The highest BCUT2D eigenvalue weighted by atomic mass is 79.9. The van der Waals surface area contributed by atoms with E-state index in [-0.39, 0.29) is 12.5 Å². The first kappa shape index (κ1) is 13.6. The van der Waals surface area contributed by atoms with Crippen LogP contribution in [0.1, 0.15) is 6.92 Å². The first-order valence-electron chi connectivity index (χ1n) is 5.69. The molecule has 3 nitrogen and oxygen atoms in total. The van der Waals surface area contributed by atoms with Crippen molar-refractivity contribution in [3.05, 3.63) is 28.9 Å². The number of aliphatic hydroxyl groups excluding tert-OH is 1. The summed E-state index contributed by atoms with van der Waals surface area (Å²) in [4.78, 5) is 5.54. The normalized spacial score (nSPS) is 12.8. The predicted molar refractivity (Wildman–Crippen MR) is 80.8 cm³/mol. The van der Waals surface area contributed by atoms with Gasteiger partial charge in [0.05, 0.1) is 5.52 Å². The number of aromatic nitrogens is 1. The highest BCUT2D eigenvalue weighted by Gasteiger charge is 2.08. The smallest absolute Gasteiger partial charge is 0.0859 e. The fourth-order valence-electron chi connectivity index (χ4n) is 1.59. The van der Waals surface area contributed by atoms with Crippen LogP contribution in [-0.2, 0) is 0 Å². The van der Waals surface area contributed by atoms with Crippen molar-refractivity contribution >= 4 is 44.3 Å². The number of fused-ring (bicyclic) bond motifs is 1. The zero-order valence-corrected chi connectivity index (χ0v) is 12.5. The van der Waals surface area contributed by atoms with Crippen molar-refractivity contribution in [2.75, 3.05) is 18.1 Å². The van der Waals surface area contributed by atoms with Gasteiger partial charge in [0, 0.05) is 39.0 Å². The van der Waals surface area contributed by atoms with Gasteiger partial charge in [0.1, 0.15) is 0 Å².